The van der Waals surface area contributed by atoms with Crippen molar-refractivity contribution in [1.82, 2.24) is 9.80 Å². The summed E-state index contributed by atoms with van der Waals surface area (Å²) >= 11 is 0. The Labute approximate surface area is 108 Å². The first-order chi connectivity index (χ1) is 8.58. The molecule has 1 heterocycles. The van der Waals surface area contributed by atoms with Crippen molar-refractivity contribution in [1.29, 1.82) is 0 Å². The maximum absolute atomic E-state index is 12.2. The van der Waals surface area contributed by atoms with Crippen LogP contribution in [0.1, 0.15) is 32.1 Å². The summed E-state index contributed by atoms with van der Waals surface area (Å²) in [5.74, 6) is -0.533. The van der Waals surface area contributed by atoms with Gasteiger partial charge in [-0.2, -0.15) is 0 Å². The van der Waals surface area contributed by atoms with E-state index < -0.39 is 5.97 Å². The molecule has 2 rings (SSSR count). The number of carbonyl (C=O) groups is 2. The second kappa shape index (κ2) is 5.59. The van der Waals surface area contributed by atoms with E-state index in [1.54, 1.807) is 9.80 Å². The second-order valence-corrected chi connectivity index (χ2v) is 5.58. The summed E-state index contributed by atoms with van der Waals surface area (Å²) in [6.45, 7) is 1.75. The maximum Gasteiger partial charge on any atom is 0.319 e. The first-order valence-electron chi connectivity index (χ1n) is 6.80. The van der Waals surface area contributed by atoms with Gasteiger partial charge < -0.3 is 14.9 Å². The predicted molar refractivity (Wildman–Crippen MR) is 67.3 cm³/mol. The summed E-state index contributed by atoms with van der Waals surface area (Å²) in [6.07, 6.45) is 5.57. The molecule has 2 amide bonds. The number of aliphatic carboxylic acids is 1. The Morgan fingerprint density at radius 3 is 2.50 bits per heavy atom. The zero-order valence-electron chi connectivity index (χ0n) is 11.0. The lowest BCUT2D eigenvalue weighted by molar-refractivity contribution is -0.141. The first kappa shape index (κ1) is 13.2. The van der Waals surface area contributed by atoms with E-state index in [0.29, 0.717) is 25.4 Å². The molecule has 0 radical (unpaired) electrons. The van der Waals surface area contributed by atoms with Gasteiger partial charge in [0.2, 0.25) is 0 Å². The van der Waals surface area contributed by atoms with E-state index in [9.17, 15) is 9.59 Å². The van der Waals surface area contributed by atoms with Crippen LogP contribution in [0.15, 0.2) is 0 Å². The van der Waals surface area contributed by atoms with Crippen LogP contribution in [0.25, 0.3) is 0 Å². The average molecular weight is 254 g/mol. The fourth-order valence-corrected chi connectivity index (χ4v) is 3.04. The molecule has 0 aromatic rings. The number of carbonyl (C=O) groups excluding carboxylic acids is 1. The quantitative estimate of drug-likeness (QED) is 0.832. The molecule has 2 fully saturated rings. The minimum atomic E-state index is -0.788. The van der Waals surface area contributed by atoms with Crippen molar-refractivity contribution in [3.63, 3.8) is 0 Å². The van der Waals surface area contributed by atoms with E-state index in [2.05, 4.69) is 0 Å². The van der Waals surface area contributed by atoms with Crippen LogP contribution in [0.2, 0.25) is 0 Å². The van der Waals surface area contributed by atoms with E-state index in [4.69, 9.17) is 5.11 Å². The highest BCUT2D eigenvalue weighted by atomic mass is 16.4. The lowest BCUT2D eigenvalue weighted by Gasteiger charge is -2.26. The highest BCUT2D eigenvalue weighted by Crippen LogP contribution is 2.26. The Kier molecular flexibility index (Phi) is 4.09. The summed E-state index contributed by atoms with van der Waals surface area (Å²) in [4.78, 5) is 26.5. The van der Waals surface area contributed by atoms with E-state index in [0.717, 1.165) is 6.54 Å². The van der Waals surface area contributed by atoms with Crippen LogP contribution in [-0.2, 0) is 4.79 Å². The molecule has 1 atom stereocenters. The zero-order valence-corrected chi connectivity index (χ0v) is 11.0. The number of carboxylic acids is 1. The van der Waals surface area contributed by atoms with Gasteiger partial charge in [0.25, 0.3) is 0 Å². The number of hydrogen-bond acceptors (Lipinski definition) is 2. The van der Waals surface area contributed by atoms with Crippen molar-refractivity contribution >= 4 is 12.0 Å². The molecule has 18 heavy (non-hydrogen) atoms. The molecule has 1 saturated heterocycles. The van der Waals surface area contributed by atoms with Crippen LogP contribution in [0.4, 0.5) is 4.79 Å². The first-order valence-corrected chi connectivity index (χ1v) is 6.80. The van der Waals surface area contributed by atoms with Gasteiger partial charge in [-0.3, -0.25) is 4.79 Å². The molecule has 1 saturated carbocycles. The summed E-state index contributed by atoms with van der Waals surface area (Å²) in [7, 11) is 1.83. The lowest BCUT2D eigenvalue weighted by atomic mass is 10.1. The fourth-order valence-electron chi connectivity index (χ4n) is 3.04. The van der Waals surface area contributed by atoms with Crippen LogP contribution in [-0.4, -0.2) is 53.6 Å². The second-order valence-electron chi connectivity index (χ2n) is 5.58. The Bertz CT molecular complexity index is 326. The van der Waals surface area contributed by atoms with Crippen molar-refractivity contribution in [2.75, 3.05) is 26.7 Å². The van der Waals surface area contributed by atoms with Crippen LogP contribution in [0, 0.1) is 11.8 Å². The highest BCUT2D eigenvalue weighted by molar-refractivity contribution is 5.77. The van der Waals surface area contributed by atoms with Gasteiger partial charge in [-0.15, -0.1) is 0 Å². The lowest BCUT2D eigenvalue weighted by Crippen LogP contribution is -2.42. The van der Waals surface area contributed by atoms with Crippen molar-refractivity contribution in [2.45, 2.75) is 32.1 Å². The average Bonchev–Trinajstić information content (AvgIpc) is 2.98. The van der Waals surface area contributed by atoms with Crippen LogP contribution in [0.3, 0.4) is 0 Å². The molecule has 102 valence electrons. The maximum atomic E-state index is 12.2. The molecule has 0 spiro atoms. The number of urea groups is 1. The van der Waals surface area contributed by atoms with E-state index in [-0.39, 0.29) is 11.9 Å². The Morgan fingerprint density at radius 1 is 1.28 bits per heavy atom. The summed E-state index contributed by atoms with van der Waals surface area (Å²) < 4.78 is 0. The molecular weight excluding hydrogens is 232 g/mol. The van der Waals surface area contributed by atoms with Gasteiger partial charge in [0.15, 0.2) is 0 Å². The third-order valence-electron chi connectivity index (χ3n) is 4.14. The number of nitrogens with zero attached hydrogens (tertiary/aromatic N) is 2. The number of amides is 2. The Balaban J connectivity index is 1.81. The van der Waals surface area contributed by atoms with Crippen LogP contribution < -0.4 is 0 Å². The predicted octanol–water partition coefficient (Wildman–Crippen LogP) is 1.63. The van der Waals surface area contributed by atoms with Gasteiger partial charge in [0.05, 0.1) is 5.92 Å². The molecule has 5 nitrogen and oxygen atoms in total. The highest BCUT2D eigenvalue weighted by Gasteiger charge is 2.32. The SMILES string of the molecule is CN(CC1CCCC1)C(=O)N1CCC(C(=O)O)C1. The monoisotopic (exact) mass is 254 g/mol. The van der Waals surface area contributed by atoms with E-state index in [1.807, 2.05) is 7.05 Å². The normalized spacial score (nSPS) is 24.5. The van der Waals surface area contributed by atoms with Gasteiger partial charge >= 0.3 is 12.0 Å². The number of rotatable bonds is 3. The molecule has 0 aromatic carbocycles. The van der Waals surface area contributed by atoms with Gasteiger partial charge in [-0.25, -0.2) is 4.79 Å². The number of likely N-dealkylation sites (tertiary alicyclic amines) is 1. The van der Waals surface area contributed by atoms with Gasteiger partial charge in [0.1, 0.15) is 0 Å². The summed E-state index contributed by atoms with van der Waals surface area (Å²) in [5.41, 5.74) is 0. The van der Waals surface area contributed by atoms with Crippen molar-refractivity contribution in [2.24, 2.45) is 11.8 Å². The van der Waals surface area contributed by atoms with Crippen molar-refractivity contribution in [3.8, 4) is 0 Å². The summed E-state index contributed by atoms with van der Waals surface area (Å²) in [6, 6.07) is -0.00866. The van der Waals surface area contributed by atoms with Crippen molar-refractivity contribution < 1.29 is 14.7 Å². The Morgan fingerprint density at radius 2 is 1.94 bits per heavy atom. The third-order valence-corrected chi connectivity index (χ3v) is 4.14. The van der Waals surface area contributed by atoms with E-state index in [1.165, 1.54) is 25.7 Å². The minimum Gasteiger partial charge on any atom is -0.481 e. The fraction of sp³-hybridized carbons (Fsp3) is 0.846. The van der Waals surface area contributed by atoms with Crippen LogP contribution >= 0.6 is 0 Å². The van der Waals surface area contributed by atoms with Gasteiger partial charge in [-0.05, 0) is 25.2 Å². The zero-order chi connectivity index (χ0) is 13.1. The van der Waals surface area contributed by atoms with Gasteiger partial charge in [-0.1, -0.05) is 12.8 Å². The molecule has 5 heteroatoms. The van der Waals surface area contributed by atoms with Gasteiger partial charge in [0, 0.05) is 26.7 Å². The largest absolute Gasteiger partial charge is 0.481 e. The molecule has 1 unspecified atom stereocenters. The van der Waals surface area contributed by atoms with Crippen molar-refractivity contribution in [3.05, 3.63) is 0 Å². The molecule has 1 aliphatic carbocycles. The number of carboxylic acid groups (broad SMARTS) is 1. The Hall–Kier alpha value is -1.26. The standard InChI is InChI=1S/C13H22N2O3/c1-14(8-10-4-2-3-5-10)13(18)15-7-6-11(9-15)12(16)17/h10-11H,2-9H2,1H3,(H,16,17). The topological polar surface area (TPSA) is 60.9 Å². The third kappa shape index (κ3) is 2.94. The van der Waals surface area contributed by atoms with E-state index >= 15 is 0 Å². The minimum absolute atomic E-state index is 0.00866. The molecule has 1 N–H and O–H groups in total. The molecular formula is C13H22N2O3. The molecule has 0 bridgehead atoms. The molecule has 2 aliphatic rings. The number of hydrogen-bond donors (Lipinski definition) is 1. The van der Waals surface area contributed by atoms with Crippen LogP contribution in [0.5, 0.6) is 0 Å². The molecule has 0 aromatic heterocycles. The summed E-state index contributed by atoms with van der Waals surface area (Å²) in [5, 5.41) is 8.93. The molecule has 1 aliphatic heterocycles. The smallest absolute Gasteiger partial charge is 0.319 e.